The minimum atomic E-state index is -1.16. The molecule has 0 saturated carbocycles. The molecule has 2 aromatic heterocycles. The zero-order valence-corrected chi connectivity index (χ0v) is 12.1. The minimum absolute atomic E-state index is 0.0277. The van der Waals surface area contributed by atoms with Crippen LogP contribution in [0, 0.1) is 6.92 Å². The van der Waals surface area contributed by atoms with Crippen LogP contribution in [0.3, 0.4) is 0 Å². The van der Waals surface area contributed by atoms with Gasteiger partial charge >= 0.3 is 5.97 Å². The molecule has 2 rings (SSSR count). The number of amides is 1. The number of carboxylic acid groups (broad SMARTS) is 1. The van der Waals surface area contributed by atoms with Gasteiger partial charge in [-0.15, -0.1) is 0 Å². The summed E-state index contributed by atoms with van der Waals surface area (Å²) in [6, 6.07) is 4.15. The summed E-state index contributed by atoms with van der Waals surface area (Å²) in [5.74, 6) is -1.46. The van der Waals surface area contributed by atoms with Crippen LogP contribution in [0.2, 0.25) is 0 Å². The number of furan rings is 1. The van der Waals surface area contributed by atoms with Gasteiger partial charge in [0, 0.05) is 18.2 Å². The van der Waals surface area contributed by atoms with Gasteiger partial charge in [0.15, 0.2) is 0 Å². The smallest absolute Gasteiger partial charge is 0.372 e. The van der Waals surface area contributed by atoms with Crippen LogP contribution in [0.1, 0.15) is 39.3 Å². The molecule has 0 fully saturated rings. The molecular weight excluding hydrogens is 290 g/mol. The molecule has 116 valence electrons. The minimum Gasteiger partial charge on any atom is -0.475 e. The molecule has 0 aliphatic heterocycles. The number of nitrogens with zero attached hydrogens (tertiary/aromatic N) is 2. The Balaban J connectivity index is 2.08. The van der Waals surface area contributed by atoms with Crippen molar-refractivity contribution in [1.82, 2.24) is 15.1 Å². The lowest BCUT2D eigenvalue weighted by Gasteiger charge is -2.05. The number of carbonyl (C=O) groups excluding carboxylic acids is 1. The number of aromatic carboxylic acids is 1. The van der Waals surface area contributed by atoms with Crippen molar-refractivity contribution in [2.45, 2.75) is 26.9 Å². The molecule has 2 aromatic rings. The monoisotopic (exact) mass is 305 g/mol. The summed E-state index contributed by atoms with van der Waals surface area (Å²) >= 11 is 0. The van der Waals surface area contributed by atoms with Gasteiger partial charge in [0.25, 0.3) is 11.5 Å². The molecule has 8 nitrogen and oxygen atoms in total. The van der Waals surface area contributed by atoms with Crippen molar-refractivity contribution >= 4 is 11.9 Å². The third-order valence-corrected chi connectivity index (χ3v) is 2.99. The van der Waals surface area contributed by atoms with E-state index in [1.54, 1.807) is 19.9 Å². The predicted octanol–water partition coefficient (Wildman–Crippen LogP) is 0.793. The molecule has 22 heavy (non-hydrogen) atoms. The Bertz CT molecular complexity index is 775. The molecule has 0 atom stereocenters. The van der Waals surface area contributed by atoms with Crippen LogP contribution in [-0.4, -0.2) is 26.8 Å². The molecule has 0 radical (unpaired) electrons. The summed E-state index contributed by atoms with van der Waals surface area (Å²) in [4.78, 5) is 34.3. The van der Waals surface area contributed by atoms with E-state index in [4.69, 9.17) is 9.52 Å². The molecule has 2 N–H and O–H groups in total. The van der Waals surface area contributed by atoms with Crippen LogP contribution in [-0.2, 0) is 13.1 Å². The molecule has 0 aliphatic rings. The molecule has 2 heterocycles. The SMILES string of the molecule is CCn1nc(C(=O)NCc2cc(C)c(C(=O)O)o2)ccc1=O. The Hall–Kier alpha value is -2.90. The zero-order valence-electron chi connectivity index (χ0n) is 12.1. The van der Waals surface area contributed by atoms with E-state index in [0.717, 1.165) is 0 Å². The van der Waals surface area contributed by atoms with Gasteiger partial charge in [-0.3, -0.25) is 9.59 Å². The number of aryl methyl sites for hydroxylation is 2. The van der Waals surface area contributed by atoms with Crippen LogP contribution in [0.25, 0.3) is 0 Å². The molecule has 0 bridgehead atoms. The van der Waals surface area contributed by atoms with Gasteiger partial charge in [0.2, 0.25) is 5.76 Å². The average molecular weight is 305 g/mol. The van der Waals surface area contributed by atoms with Gasteiger partial charge in [-0.1, -0.05) is 0 Å². The highest BCUT2D eigenvalue weighted by Gasteiger charge is 2.15. The van der Waals surface area contributed by atoms with Crippen molar-refractivity contribution in [2.24, 2.45) is 0 Å². The van der Waals surface area contributed by atoms with Crippen molar-refractivity contribution in [3.63, 3.8) is 0 Å². The van der Waals surface area contributed by atoms with Crippen molar-refractivity contribution in [3.8, 4) is 0 Å². The van der Waals surface area contributed by atoms with E-state index < -0.39 is 11.9 Å². The van der Waals surface area contributed by atoms with Gasteiger partial charge < -0.3 is 14.8 Å². The van der Waals surface area contributed by atoms with Gasteiger partial charge in [-0.25, -0.2) is 9.48 Å². The van der Waals surface area contributed by atoms with Crippen LogP contribution in [0.15, 0.2) is 27.4 Å². The lowest BCUT2D eigenvalue weighted by atomic mass is 10.2. The second-order valence-corrected chi connectivity index (χ2v) is 4.59. The van der Waals surface area contributed by atoms with Gasteiger partial charge in [-0.2, -0.15) is 5.10 Å². The standard InChI is InChI=1S/C14H15N3O5/c1-3-17-11(18)5-4-10(16-17)13(19)15-7-9-6-8(2)12(22-9)14(20)21/h4-6H,3,7H2,1-2H3,(H,15,19)(H,20,21). The summed E-state index contributed by atoms with van der Waals surface area (Å²) in [6.45, 7) is 3.74. The van der Waals surface area contributed by atoms with Crippen LogP contribution in [0.4, 0.5) is 0 Å². The number of carboxylic acids is 1. The maximum Gasteiger partial charge on any atom is 0.372 e. The molecule has 1 amide bonds. The van der Waals surface area contributed by atoms with Crippen molar-refractivity contribution < 1.29 is 19.1 Å². The Morgan fingerprint density at radius 1 is 1.41 bits per heavy atom. The van der Waals surface area contributed by atoms with Gasteiger partial charge in [0.05, 0.1) is 6.54 Å². The zero-order chi connectivity index (χ0) is 16.3. The van der Waals surface area contributed by atoms with E-state index >= 15 is 0 Å². The quantitative estimate of drug-likeness (QED) is 0.844. The summed E-state index contributed by atoms with van der Waals surface area (Å²) in [5.41, 5.74) is 0.296. The Morgan fingerprint density at radius 3 is 2.73 bits per heavy atom. The number of hydrogen-bond acceptors (Lipinski definition) is 5. The van der Waals surface area contributed by atoms with Crippen LogP contribution in [0.5, 0.6) is 0 Å². The number of carbonyl (C=O) groups is 2. The van der Waals surface area contributed by atoms with E-state index in [-0.39, 0.29) is 23.6 Å². The number of aromatic nitrogens is 2. The normalized spacial score (nSPS) is 10.5. The van der Waals surface area contributed by atoms with Crippen LogP contribution >= 0.6 is 0 Å². The molecule has 0 unspecified atom stereocenters. The van der Waals surface area contributed by atoms with Crippen molar-refractivity contribution in [2.75, 3.05) is 0 Å². The Labute approximate surface area is 125 Å². The second-order valence-electron chi connectivity index (χ2n) is 4.59. The summed E-state index contributed by atoms with van der Waals surface area (Å²) in [6.07, 6.45) is 0. The van der Waals surface area contributed by atoms with E-state index in [1.807, 2.05) is 0 Å². The fourth-order valence-electron chi connectivity index (χ4n) is 1.90. The van der Waals surface area contributed by atoms with E-state index in [1.165, 1.54) is 16.8 Å². The fourth-order valence-corrected chi connectivity index (χ4v) is 1.90. The Morgan fingerprint density at radius 2 is 2.14 bits per heavy atom. The largest absolute Gasteiger partial charge is 0.475 e. The first-order valence-corrected chi connectivity index (χ1v) is 6.61. The Kier molecular flexibility index (Phi) is 4.40. The molecular formula is C14H15N3O5. The highest BCUT2D eigenvalue weighted by atomic mass is 16.4. The first-order chi connectivity index (χ1) is 10.4. The predicted molar refractivity (Wildman–Crippen MR) is 75.7 cm³/mol. The van der Waals surface area contributed by atoms with E-state index in [2.05, 4.69) is 10.4 Å². The maximum atomic E-state index is 12.0. The van der Waals surface area contributed by atoms with Crippen LogP contribution < -0.4 is 10.9 Å². The average Bonchev–Trinajstić information content (AvgIpc) is 2.86. The first kappa shape index (κ1) is 15.5. The number of rotatable bonds is 5. The lowest BCUT2D eigenvalue weighted by Crippen LogP contribution is -2.28. The highest BCUT2D eigenvalue weighted by molar-refractivity contribution is 5.92. The number of nitrogens with one attached hydrogen (secondary N) is 1. The molecule has 0 spiro atoms. The summed E-state index contributed by atoms with van der Waals surface area (Å²) < 4.78 is 6.31. The van der Waals surface area contributed by atoms with Gasteiger partial charge in [0.1, 0.15) is 11.5 Å². The van der Waals surface area contributed by atoms with E-state index in [9.17, 15) is 14.4 Å². The third-order valence-electron chi connectivity index (χ3n) is 2.99. The molecule has 0 aliphatic carbocycles. The lowest BCUT2D eigenvalue weighted by molar-refractivity contribution is 0.0659. The molecule has 0 aromatic carbocycles. The van der Waals surface area contributed by atoms with Crippen molar-refractivity contribution in [3.05, 3.63) is 51.3 Å². The maximum absolute atomic E-state index is 12.0. The van der Waals surface area contributed by atoms with E-state index in [0.29, 0.717) is 17.9 Å². The number of hydrogen-bond donors (Lipinski definition) is 2. The first-order valence-electron chi connectivity index (χ1n) is 6.61. The topological polar surface area (TPSA) is 114 Å². The molecule has 0 saturated heterocycles. The third kappa shape index (κ3) is 3.22. The van der Waals surface area contributed by atoms with Gasteiger partial charge in [-0.05, 0) is 26.0 Å². The van der Waals surface area contributed by atoms with Crippen molar-refractivity contribution in [1.29, 1.82) is 0 Å². The second kappa shape index (κ2) is 6.25. The summed E-state index contributed by atoms with van der Waals surface area (Å²) in [7, 11) is 0. The fraction of sp³-hybridized carbons (Fsp3) is 0.286. The summed E-state index contributed by atoms with van der Waals surface area (Å²) in [5, 5.41) is 15.4. The highest BCUT2D eigenvalue weighted by Crippen LogP contribution is 2.14. The molecule has 8 heteroatoms.